The summed E-state index contributed by atoms with van der Waals surface area (Å²) in [6.07, 6.45) is 0. The molecule has 0 heterocycles. The third-order valence-electron chi connectivity index (χ3n) is 2.67. The van der Waals surface area contributed by atoms with Gasteiger partial charge in [-0.05, 0) is 18.2 Å². The number of rotatable bonds is 4. The summed E-state index contributed by atoms with van der Waals surface area (Å²) in [5.41, 5.74) is 5.66. The Hall–Kier alpha value is -2.28. The highest BCUT2D eigenvalue weighted by atomic mass is 32.2. The zero-order chi connectivity index (χ0) is 14.7. The molecule has 2 N–H and O–H groups in total. The van der Waals surface area contributed by atoms with E-state index in [9.17, 15) is 18.7 Å². The van der Waals surface area contributed by atoms with Gasteiger partial charge >= 0.3 is 0 Å². The molecular weight excluding hydrogens is 283 g/mol. The third-order valence-corrected chi connectivity index (χ3v) is 4.08. The fourth-order valence-electron chi connectivity index (χ4n) is 1.70. The number of nitro groups is 1. The van der Waals surface area contributed by atoms with Gasteiger partial charge in [-0.1, -0.05) is 18.2 Å². The molecule has 2 rings (SSSR count). The summed E-state index contributed by atoms with van der Waals surface area (Å²) in [6, 6.07) is 9.77. The maximum Gasteiger partial charge on any atom is 0.285 e. The smallest absolute Gasteiger partial charge is 0.285 e. The van der Waals surface area contributed by atoms with Gasteiger partial charge in [0.2, 0.25) is 0 Å². The van der Waals surface area contributed by atoms with E-state index in [4.69, 9.17) is 5.73 Å². The lowest BCUT2D eigenvalue weighted by Crippen LogP contribution is -2.03. The molecule has 0 aromatic heterocycles. The highest BCUT2D eigenvalue weighted by Crippen LogP contribution is 2.24. The maximum absolute atomic E-state index is 13.6. The van der Waals surface area contributed by atoms with Gasteiger partial charge in [-0.15, -0.1) is 0 Å². The summed E-state index contributed by atoms with van der Waals surface area (Å²) < 4.78 is 25.8. The molecule has 0 saturated heterocycles. The number of halogens is 1. The summed E-state index contributed by atoms with van der Waals surface area (Å²) in [5.74, 6) is -0.714. The first-order valence-corrected chi connectivity index (χ1v) is 6.96. The number of nitrogens with two attached hydrogens (primary N) is 1. The Bertz CT molecular complexity index is 691. The molecule has 2 aromatic carbocycles. The Labute approximate surface area is 116 Å². The molecule has 0 spiro atoms. The van der Waals surface area contributed by atoms with E-state index >= 15 is 0 Å². The molecule has 0 fully saturated rings. The molecule has 1 atom stereocenters. The Morgan fingerprint density at radius 3 is 2.60 bits per heavy atom. The first kappa shape index (κ1) is 14.1. The second-order valence-electron chi connectivity index (χ2n) is 4.07. The van der Waals surface area contributed by atoms with E-state index in [0.29, 0.717) is 0 Å². The van der Waals surface area contributed by atoms with E-state index in [2.05, 4.69) is 0 Å². The van der Waals surface area contributed by atoms with Crippen LogP contribution in [0.5, 0.6) is 0 Å². The molecule has 0 radical (unpaired) electrons. The minimum atomic E-state index is -1.71. The summed E-state index contributed by atoms with van der Waals surface area (Å²) in [5, 5.41) is 10.9. The molecule has 0 aliphatic carbocycles. The van der Waals surface area contributed by atoms with Crippen LogP contribution < -0.4 is 5.73 Å². The monoisotopic (exact) mass is 294 g/mol. The van der Waals surface area contributed by atoms with Crippen molar-refractivity contribution in [3.05, 3.63) is 64.0 Å². The van der Waals surface area contributed by atoms with Crippen LogP contribution in [0.15, 0.2) is 47.4 Å². The quantitative estimate of drug-likeness (QED) is 0.533. The SMILES string of the molecule is Nc1ccc(CS(=O)c2ccccc2[N+](=O)[O-])c(F)c1. The van der Waals surface area contributed by atoms with Gasteiger partial charge < -0.3 is 5.73 Å². The maximum atomic E-state index is 13.6. The molecule has 0 aliphatic rings. The first-order chi connectivity index (χ1) is 9.49. The third kappa shape index (κ3) is 3.00. The minimum absolute atomic E-state index is 0.0775. The van der Waals surface area contributed by atoms with Crippen molar-refractivity contribution in [1.29, 1.82) is 0 Å². The lowest BCUT2D eigenvalue weighted by atomic mass is 10.2. The lowest BCUT2D eigenvalue weighted by molar-refractivity contribution is -0.387. The zero-order valence-corrected chi connectivity index (χ0v) is 11.1. The highest BCUT2D eigenvalue weighted by molar-refractivity contribution is 7.84. The summed E-state index contributed by atoms with van der Waals surface area (Å²) in [4.78, 5) is 10.3. The van der Waals surface area contributed by atoms with Crippen molar-refractivity contribution in [3.63, 3.8) is 0 Å². The van der Waals surface area contributed by atoms with E-state index in [0.717, 1.165) is 6.07 Å². The van der Waals surface area contributed by atoms with Crippen LogP contribution in [0.25, 0.3) is 0 Å². The Morgan fingerprint density at radius 2 is 1.95 bits per heavy atom. The number of nitrogens with zero attached hydrogens (tertiary/aromatic N) is 1. The topological polar surface area (TPSA) is 86.2 Å². The molecule has 0 amide bonds. The van der Waals surface area contributed by atoms with Crippen molar-refractivity contribution in [2.75, 3.05) is 5.73 Å². The molecule has 5 nitrogen and oxygen atoms in total. The van der Waals surface area contributed by atoms with Gasteiger partial charge in [0.25, 0.3) is 5.69 Å². The highest BCUT2D eigenvalue weighted by Gasteiger charge is 2.19. The van der Waals surface area contributed by atoms with Crippen molar-refractivity contribution in [1.82, 2.24) is 0 Å². The van der Waals surface area contributed by atoms with E-state index in [-0.39, 0.29) is 27.6 Å². The number of hydrogen-bond donors (Lipinski definition) is 1. The average Bonchev–Trinajstić information content (AvgIpc) is 2.41. The van der Waals surface area contributed by atoms with Gasteiger partial charge in [0.05, 0.1) is 21.5 Å². The molecule has 2 aromatic rings. The summed E-state index contributed by atoms with van der Waals surface area (Å²) in [7, 11) is -1.71. The van der Waals surface area contributed by atoms with Crippen molar-refractivity contribution < 1.29 is 13.5 Å². The van der Waals surface area contributed by atoms with E-state index < -0.39 is 21.5 Å². The van der Waals surface area contributed by atoms with Crippen LogP contribution in [0.4, 0.5) is 15.8 Å². The van der Waals surface area contributed by atoms with Crippen LogP contribution in [-0.4, -0.2) is 9.13 Å². The normalized spacial score (nSPS) is 12.1. The fraction of sp³-hybridized carbons (Fsp3) is 0.0769. The number of anilines is 1. The van der Waals surface area contributed by atoms with Crippen molar-refractivity contribution in [2.45, 2.75) is 10.6 Å². The van der Waals surface area contributed by atoms with Crippen molar-refractivity contribution in [3.8, 4) is 0 Å². The van der Waals surface area contributed by atoms with Gasteiger partial charge in [0, 0.05) is 17.3 Å². The summed E-state index contributed by atoms with van der Waals surface area (Å²) in [6.45, 7) is 0. The standard InChI is InChI=1S/C13H11FN2O3S/c14-11-7-10(15)6-5-9(11)8-20(19)13-4-2-1-3-12(13)16(17)18/h1-7H,8,15H2. The Balaban J connectivity index is 2.31. The lowest BCUT2D eigenvalue weighted by Gasteiger charge is -2.05. The van der Waals surface area contributed by atoms with Crippen LogP contribution in [0.3, 0.4) is 0 Å². The second kappa shape index (κ2) is 5.79. The Morgan fingerprint density at radius 1 is 1.25 bits per heavy atom. The number of nitro benzene ring substituents is 1. The second-order valence-corrected chi connectivity index (χ2v) is 5.49. The number of nitrogen functional groups attached to an aromatic ring is 1. The van der Waals surface area contributed by atoms with Crippen LogP contribution in [0, 0.1) is 15.9 Å². The molecule has 20 heavy (non-hydrogen) atoms. The molecule has 0 bridgehead atoms. The van der Waals surface area contributed by atoms with Gasteiger partial charge in [-0.2, -0.15) is 0 Å². The largest absolute Gasteiger partial charge is 0.399 e. The van der Waals surface area contributed by atoms with E-state index in [1.54, 1.807) is 6.07 Å². The van der Waals surface area contributed by atoms with Gasteiger partial charge in [0.15, 0.2) is 0 Å². The van der Waals surface area contributed by atoms with E-state index in [1.165, 1.54) is 30.3 Å². The Kier molecular flexibility index (Phi) is 4.09. The molecule has 1 unspecified atom stereocenters. The predicted molar refractivity (Wildman–Crippen MR) is 74.0 cm³/mol. The van der Waals surface area contributed by atoms with Gasteiger partial charge in [0.1, 0.15) is 10.7 Å². The number of para-hydroxylation sites is 1. The van der Waals surface area contributed by atoms with Crippen LogP contribution >= 0.6 is 0 Å². The van der Waals surface area contributed by atoms with Gasteiger partial charge in [-0.3, -0.25) is 14.3 Å². The average molecular weight is 294 g/mol. The number of hydrogen-bond acceptors (Lipinski definition) is 4. The minimum Gasteiger partial charge on any atom is -0.399 e. The van der Waals surface area contributed by atoms with Crippen LogP contribution in [0.2, 0.25) is 0 Å². The number of benzene rings is 2. The molecule has 0 saturated carbocycles. The summed E-state index contributed by atoms with van der Waals surface area (Å²) >= 11 is 0. The molecular formula is C13H11FN2O3S. The van der Waals surface area contributed by atoms with E-state index in [1.807, 2.05) is 0 Å². The fourth-order valence-corrected chi connectivity index (χ4v) is 2.98. The molecule has 7 heteroatoms. The first-order valence-electron chi connectivity index (χ1n) is 5.64. The molecule has 0 aliphatic heterocycles. The molecule has 104 valence electrons. The van der Waals surface area contributed by atoms with Crippen molar-refractivity contribution >= 4 is 22.2 Å². The zero-order valence-electron chi connectivity index (χ0n) is 10.3. The van der Waals surface area contributed by atoms with Crippen molar-refractivity contribution in [2.24, 2.45) is 0 Å². The van der Waals surface area contributed by atoms with Crippen LogP contribution in [-0.2, 0) is 16.6 Å². The predicted octanol–water partition coefficient (Wildman–Crippen LogP) is 2.62. The van der Waals surface area contributed by atoms with Crippen LogP contribution in [0.1, 0.15) is 5.56 Å². The van der Waals surface area contributed by atoms with Gasteiger partial charge in [-0.25, -0.2) is 4.39 Å².